The third-order valence-electron chi connectivity index (χ3n) is 4.77. The summed E-state index contributed by atoms with van der Waals surface area (Å²) in [5.74, 6) is 1.16. The standard InChI is InChI=1S/C21H24N6OS/c22-20(26-10-12-27(13-11-26)21-24-9-14-29-21)25-15-18-7-4-8-23-19(18)28-16-17-5-2-1-3-6-17/h1-9,14H,10-13,15-16H2,(H2,22,25). The fraction of sp³-hybridized carbons (Fsp3) is 0.286. The van der Waals surface area contributed by atoms with E-state index in [4.69, 9.17) is 10.5 Å². The van der Waals surface area contributed by atoms with E-state index < -0.39 is 0 Å². The highest BCUT2D eigenvalue weighted by atomic mass is 32.1. The van der Waals surface area contributed by atoms with Crippen molar-refractivity contribution in [2.45, 2.75) is 13.2 Å². The lowest BCUT2D eigenvalue weighted by molar-refractivity contribution is 0.290. The molecule has 1 aliphatic rings. The van der Waals surface area contributed by atoms with Gasteiger partial charge in [0, 0.05) is 49.5 Å². The van der Waals surface area contributed by atoms with Gasteiger partial charge >= 0.3 is 0 Å². The number of nitrogens with two attached hydrogens (primary N) is 1. The summed E-state index contributed by atoms with van der Waals surface area (Å²) >= 11 is 1.67. The maximum Gasteiger partial charge on any atom is 0.218 e. The monoisotopic (exact) mass is 408 g/mol. The Kier molecular flexibility index (Phi) is 6.21. The number of aliphatic imine (C=N–C) groups is 1. The van der Waals surface area contributed by atoms with Crippen molar-refractivity contribution >= 4 is 22.4 Å². The second-order valence-electron chi connectivity index (χ2n) is 6.71. The Labute approximate surface area is 174 Å². The van der Waals surface area contributed by atoms with Gasteiger partial charge in [-0.15, -0.1) is 11.3 Å². The van der Waals surface area contributed by atoms with Crippen molar-refractivity contribution < 1.29 is 4.74 Å². The normalized spacial score (nSPS) is 14.8. The zero-order valence-corrected chi connectivity index (χ0v) is 17.0. The SMILES string of the molecule is NC(=NCc1cccnc1OCc1ccccc1)N1CCN(c2nccs2)CC1. The van der Waals surface area contributed by atoms with Gasteiger partial charge in [-0.2, -0.15) is 0 Å². The Morgan fingerprint density at radius 2 is 1.86 bits per heavy atom. The number of guanidine groups is 1. The van der Waals surface area contributed by atoms with Gasteiger partial charge in [0.1, 0.15) is 6.61 Å². The lowest BCUT2D eigenvalue weighted by atomic mass is 10.2. The molecule has 0 aliphatic carbocycles. The van der Waals surface area contributed by atoms with Crippen molar-refractivity contribution in [2.24, 2.45) is 10.7 Å². The lowest BCUT2D eigenvalue weighted by Crippen LogP contribution is -2.51. The summed E-state index contributed by atoms with van der Waals surface area (Å²) in [7, 11) is 0. The highest BCUT2D eigenvalue weighted by molar-refractivity contribution is 7.13. The van der Waals surface area contributed by atoms with E-state index in [1.165, 1.54) is 0 Å². The summed E-state index contributed by atoms with van der Waals surface area (Å²) in [6, 6.07) is 13.9. The van der Waals surface area contributed by atoms with Gasteiger partial charge in [0.05, 0.1) is 6.54 Å². The van der Waals surface area contributed by atoms with Gasteiger partial charge in [0.15, 0.2) is 11.1 Å². The van der Waals surface area contributed by atoms with E-state index >= 15 is 0 Å². The molecule has 3 aromatic rings. The van der Waals surface area contributed by atoms with Gasteiger partial charge in [-0.3, -0.25) is 0 Å². The van der Waals surface area contributed by atoms with E-state index in [1.54, 1.807) is 17.5 Å². The lowest BCUT2D eigenvalue weighted by Gasteiger charge is -2.35. The zero-order valence-electron chi connectivity index (χ0n) is 16.1. The second-order valence-corrected chi connectivity index (χ2v) is 7.58. The molecular weight excluding hydrogens is 384 g/mol. The van der Waals surface area contributed by atoms with Crippen LogP contribution in [-0.2, 0) is 13.2 Å². The van der Waals surface area contributed by atoms with Crippen molar-refractivity contribution in [3.63, 3.8) is 0 Å². The number of rotatable bonds is 6. The Bertz CT molecular complexity index is 923. The summed E-state index contributed by atoms with van der Waals surface area (Å²) < 4.78 is 5.91. The van der Waals surface area contributed by atoms with Crippen LogP contribution in [0.1, 0.15) is 11.1 Å². The van der Waals surface area contributed by atoms with Gasteiger partial charge in [0.25, 0.3) is 0 Å². The summed E-state index contributed by atoms with van der Waals surface area (Å²) in [5, 5.41) is 3.07. The van der Waals surface area contributed by atoms with Crippen molar-refractivity contribution in [3.8, 4) is 5.88 Å². The predicted molar refractivity (Wildman–Crippen MR) is 116 cm³/mol. The van der Waals surface area contributed by atoms with E-state index in [-0.39, 0.29) is 0 Å². The van der Waals surface area contributed by atoms with Crippen LogP contribution in [0, 0.1) is 0 Å². The van der Waals surface area contributed by atoms with E-state index in [0.717, 1.165) is 42.4 Å². The smallest absolute Gasteiger partial charge is 0.218 e. The van der Waals surface area contributed by atoms with E-state index in [0.29, 0.717) is 25.0 Å². The number of piperazine rings is 1. The fourth-order valence-electron chi connectivity index (χ4n) is 3.17. The first kappa shape index (κ1) is 19.2. The number of benzene rings is 1. The van der Waals surface area contributed by atoms with Gasteiger partial charge in [0.2, 0.25) is 5.88 Å². The topological polar surface area (TPSA) is 79.9 Å². The molecule has 2 aromatic heterocycles. The molecule has 1 saturated heterocycles. The van der Waals surface area contributed by atoms with Crippen LogP contribution in [0.4, 0.5) is 5.13 Å². The number of aromatic nitrogens is 2. The largest absolute Gasteiger partial charge is 0.473 e. The van der Waals surface area contributed by atoms with Gasteiger partial charge in [-0.25, -0.2) is 15.0 Å². The third-order valence-corrected chi connectivity index (χ3v) is 5.61. The minimum atomic E-state index is 0.441. The summed E-state index contributed by atoms with van der Waals surface area (Å²) in [5.41, 5.74) is 8.28. The number of anilines is 1. The second kappa shape index (κ2) is 9.38. The summed E-state index contributed by atoms with van der Waals surface area (Å²) in [6.45, 7) is 4.36. The zero-order chi connectivity index (χ0) is 19.9. The Hall–Kier alpha value is -3.13. The molecule has 1 aliphatic heterocycles. The van der Waals surface area contributed by atoms with Crippen LogP contribution in [0.5, 0.6) is 5.88 Å². The molecule has 0 spiro atoms. The molecule has 0 unspecified atom stereocenters. The molecule has 0 radical (unpaired) electrons. The van der Waals surface area contributed by atoms with E-state index in [2.05, 4.69) is 24.8 Å². The van der Waals surface area contributed by atoms with Crippen LogP contribution < -0.4 is 15.4 Å². The Morgan fingerprint density at radius 3 is 2.62 bits per heavy atom. The van der Waals surface area contributed by atoms with Crippen LogP contribution in [0.2, 0.25) is 0 Å². The van der Waals surface area contributed by atoms with Crippen LogP contribution in [0.3, 0.4) is 0 Å². The highest BCUT2D eigenvalue weighted by Crippen LogP contribution is 2.20. The molecule has 7 nitrogen and oxygen atoms in total. The molecule has 8 heteroatoms. The quantitative estimate of drug-likeness (QED) is 0.499. The van der Waals surface area contributed by atoms with E-state index in [9.17, 15) is 0 Å². The van der Waals surface area contributed by atoms with Gasteiger partial charge in [-0.05, 0) is 11.6 Å². The number of hydrogen-bond donors (Lipinski definition) is 1. The van der Waals surface area contributed by atoms with Crippen molar-refractivity contribution in [2.75, 3.05) is 31.1 Å². The van der Waals surface area contributed by atoms with Crippen LogP contribution in [0.25, 0.3) is 0 Å². The van der Waals surface area contributed by atoms with Crippen LogP contribution in [-0.4, -0.2) is 47.0 Å². The average Bonchev–Trinajstić information content (AvgIpc) is 3.32. The van der Waals surface area contributed by atoms with E-state index in [1.807, 2.05) is 54.0 Å². The Morgan fingerprint density at radius 1 is 1.03 bits per heavy atom. The van der Waals surface area contributed by atoms with Crippen molar-refractivity contribution in [1.29, 1.82) is 0 Å². The van der Waals surface area contributed by atoms with Crippen LogP contribution in [0.15, 0.2) is 65.2 Å². The van der Waals surface area contributed by atoms with Gasteiger partial charge < -0.3 is 20.3 Å². The molecular formula is C21H24N6OS. The first-order valence-electron chi connectivity index (χ1n) is 9.59. The molecule has 1 aromatic carbocycles. The molecule has 3 heterocycles. The van der Waals surface area contributed by atoms with Crippen molar-refractivity contribution in [3.05, 3.63) is 71.4 Å². The number of nitrogens with zero attached hydrogens (tertiary/aromatic N) is 5. The highest BCUT2D eigenvalue weighted by Gasteiger charge is 2.19. The number of pyridine rings is 1. The molecule has 4 rings (SSSR count). The molecule has 1 fully saturated rings. The Balaban J connectivity index is 1.34. The molecule has 150 valence electrons. The van der Waals surface area contributed by atoms with Gasteiger partial charge in [-0.1, -0.05) is 36.4 Å². The number of thiazole rings is 1. The summed E-state index contributed by atoms with van der Waals surface area (Å²) in [6.07, 6.45) is 3.57. The van der Waals surface area contributed by atoms with Crippen molar-refractivity contribution in [1.82, 2.24) is 14.9 Å². The maximum absolute atomic E-state index is 6.26. The molecule has 0 bridgehead atoms. The van der Waals surface area contributed by atoms with Crippen LogP contribution >= 0.6 is 11.3 Å². The molecule has 0 amide bonds. The maximum atomic E-state index is 6.26. The minimum absolute atomic E-state index is 0.441. The third kappa shape index (κ3) is 5.03. The minimum Gasteiger partial charge on any atom is -0.473 e. The molecule has 0 atom stereocenters. The fourth-order valence-corrected chi connectivity index (χ4v) is 3.86. The average molecular weight is 409 g/mol. The number of hydrogen-bond acceptors (Lipinski definition) is 6. The number of ether oxygens (including phenoxy) is 1. The predicted octanol–water partition coefficient (Wildman–Crippen LogP) is 2.75. The first-order chi connectivity index (χ1) is 14.3. The summed E-state index contributed by atoms with van der Waals surface area (Å²) in [4.78, 5) is 17.7. The molecule has 0 saturated carbocycles. The molecule has 2 N–H and O–H groups in total. The first-order valence-corrected chi connectivity index (χ1v) is 10.5. The molecule has 29 heavy (non-hydrogen) atoms.